The first-order valence-corrected chi connectivity index (χ1v) is 7.30. The molecule has 2 aromatic rings. The van der Waals surface area contributed by atoms with Crippen LogP contribution in [0.3, 0.4) is 0 Å². The number of hydrogen-bond donors (Lipinski definition) is 2. The highest BCUT2D eigenvalue weighted by atomic mass is 16.5. The number of rotatable bonds is 8. The van der Waals surface area contributed by atoms with Gasteiger partial charge in [-0.15, -0.1) is 0 Å². The zero-order valence-corrected chi connectivity index (χ0v) is 13.4. The molecular weight excluding hydrogens is 314 g/mol. The summed E-state index contributed by atoms with van der Waals surface area (Å²) in [5.41, 5.74) is 0.349. The molecule has 0 aliphatic heterocycles. The third kappa shape index (κ3) is 4.85. The molecule has 0 fully saturated rings. The van der Waals surface area contributed by atoms with Crippen LogP contribution in [0.2, 0.25) is 0 Å². The van der Waals surface area contributed by atoms with Gasteiger partial charge in [0.15, 0.2) is 6.61 Å². The predicted octanol–water partition coefficient (Wildman–Crippen LogP) is 2.17. The van der Waals surface area contributed by atoms with E-state index >= 15 is 0 Å². The molecule has 24 heavy (non-hydrogen) atoms. The van der Waals surface area contributed by atoms with Crippen molar-refractivity contribution in [1.82, 2.24) is 5.32 Å². The number of benzene rings is 1. The first-order chi connectivity index (χ1) is 11.5. The van der Waals surface area contributed by atoms with E-state index in [1.54, 1.807) is 24.3 Å². The Balaban J connectivity index is 2.09. The highest BCUT2D eigenvalue weighted by Crippen LogP contribution is 2.19. The summed E-state index contributed by atoms with van der Waals surface area (Å²) < 4.78 is 15.7. The molecule has 1 aromatic heterocycles. The summed E-state index contributed by atoms with van der Waals surface area (Å²) in [6.07, 6.45) is 0. The average molecular weight is 333 g/mol. The van der Waals surface area contributed by atoms with Crippen LogP contribution in [0.25, 0.3) is 0 Å². The van der Waals surface area contributed by atoms with Gasteiger partial charge in [0.05, 0.1) is 6.61 Å². The van der Waals surface area contributed by atoms with E-state index in [9.17, 15) is 9.59 Å². The Morgan fingerprint density at radius 3 is 2.71 bits per heavy atom. The topological polar surface area (TPSA) is 98.0 Å². The van der Waals surface area contributed by atoms with Crippen LogP contribution in [-0.4, -0.2) is 37.3 Å². The summed E-state index contributed by atoms with van der Waals surface area (Å²) in [6, 6.07) is 9.46. The van der Waals surface area contributed by atoms with Gasteiger partial charge in [0, 0.05) is 12.7 Å². The first-order valence-electron chi connectivity index (χ1n) is 7.30. The second-order valence-corrected chi connectivity index (χ2v) is 5.14. The molecule has 1 atom stereocenters. The number of nitrogens with one attached hydrogen (secondary N) is 1. The van der Waals surface area contributed by atoms with Crippen LogP contribution in [0.15, 0.2) is 40.8 Å². The SMILES string of the molecule is COCC(NC(=O)c1cccc(OCC(=O)O)c1)c1ccc(C)o1. The van der Waals surface area contributed by atoms with Crippen molar-refractivity contribution in [3.63, 3.8) is 0 Å². The summed E-state index contributed by atoms with van der Waals surface area (Å²) in [5, 5.41) is 11.5. The molecule has 0 bridgehead atoms. The van der Waals surface area contributed by atoms with Crippen LogP contribution < -0.4 is 10.1 Å². The molecule has 0 aliphatic rings. The number of methoxy groups -OCH3 is 1. The number of hydrogen-bond acceptors (Lipinski definition) is 5. The van der Waals surface area contributed by atoms with Crippen LogP contribution in [0.4, 0.5) is 0 Å². The number of ether oxygens (including phenoxy) is 2. The molecular formula is C17H19NO6. The van der Waals surface area contributed by atoms with E-state index in [-0.39, 0.29) is 12.5 Å². The van der Waals surface area contributed by atoms with Crippen molar-refractivity contribution in [2.24, 2.45) is 0 Å². The number of carbonyl (C=O) groups excluding carboxylic acids is 1. The molecule has 2 N–H and O–H groups in total. The lowest BCUT2D eigenvalue weighted by Crippen LogP contribution is -2.31. The third-order valence-electron chi connectivity index (χ3n) is 3.20. The quantitative estimate of drug-likeness (QED) is 0.768. The molecule has 1 unspecified atom stereocenters. The van der Waals surface area contributed by atoms with Gasteiger partial charge < -0.3 is 24.3 Å². The van der Waals surface area contributed by atoms with Crippen LogP contribution in [0.5, 0.6) is 5.75 Å². The van der Waals surface area contributed by atoms with Crippen molar-refractivity contribution in [2.75, 3.05) is 20.3 Å². The minimum Gasteiger partial charge on any atom is -0.482 e. The normalized spacial score (nSPS) is 11.8. The number of carbonyl (C=O) groups is 2. The number of carboxylic acids is 1. The molecule has 0 spiro atoms. The molecule has 7 heteroatoms. The fourth-order valence-electron chi connectivity index (χ4n) is 2.12. The lowest BCUT2D eigenvalue weighted by Gasteiger charge is -2.16. The van der Waals surface area contributed by atoms with Crippen molar-refractivity contribution in [3.8, 4) is 5.75 Å². The average Bonchev–Trinajstić information content (AvgIpc) is 2.99. The molecule has 128 valence electrons. The highest BCUT2D eigenvalue weighted by molar-refractivity contribution is 5.94. The molecule has 1 aromatic carbocycles. The van der Waals surface area contributed by atoms with E-state index in [0.717, 1.165) is 5.76 Å². The standard InChI is InChI=1S/C17H19NO6/c1-11-6-7-15(24-11)14(9-22-2)18-17(21)12-4-3-5-13(8-12)23-10-16(19)20/h3-8,14H,9-10H2,1-2H3,(H,18,21)(H,19,20). The maximum atomic E-state index is 12.4. The van der Waals surface area contributed by atoms with Gasteiger partial charge in [-0.2, -0.15) is 0 Å². The summed E-state index contributed by atoms with van der Waals surface area (Å²) in [7, 11) is 1.54. The largest absolute Gasteiger partial charge is 0.482 e. The van der Waals surface area contributed by atoms with Gasteiger partial charge in [-0.05, 0) is 37.3 Å². The Morgan fingerprint density at radius 2 is 2.08 bits per heavy atom. The van der Waals surface area contributed by atoms with Gasteiger partial charge in [-0.25, -0.2) is 4.79 Å². The van der Waals surface area contributed by atoms with E-state index in [4.69, 9.17) is 19.0 Å². The van der Waals surface area contributed by atoms with Gasteiger partial charge in [0.1, 0.15) is 23.3 Å². The van der Waals surface area contributed by atoms with E-state index in [1.807, 2.05) is 13.0 Å². The van der Waals surface area contributed by atoms with Gasteiger partial charge in [0.2, 0.25) is 0 Å². The van der Waals surface area contributed by atoms with Crippen molar-refractivity contribution < 1.29 is 28.6 Å². The van der Waals surface area contributed by atoms with Crippen molar-refractivity contribution in [2.45, 2.75) is 13.0 Å². The zero-order valence-electron chi connectivity index (χ0n) is 13.4. The summed E-state index contributed by atoms with van der Waals surface area (Å²) in [4.78, 5) is 23.0. The van der Waals surface area contributed by atoms with E-state index in [0.29, 0.717) is 17.1 Å². The Bertz CT molecular complexity index is 709. The Hall–Kier alpha value is -2.80. The predicted molar refractivity (Wildman–Crippen MR) is 85.1 cm³/mol. The minimum absolute atomic E-state index is 0.258. The Labute approximate surface area is 139 Å². The van der Waals surface area contributed by atoms with E-state index in [2.05, 4.69) is 5.32 Å². The van der Waals surface area contributed by atoms with Gasteiger partial charge >= 0.3 is 5.97 Å². The van der Waals surface area contributed by atoms with Crippen LogP contribution in [-0.2, 0) is 9.53 Å². The lowest BCUT2D eigenvalue weighted by atomic mass is 10.1. The second-order valence-electron chi connectivity index (χ2n) is 5.14. The van der Waals surface area contributed by atoms with Crippen LogP contribution in [0.1, 0.15) is 27.9 Å². The summed E-state index contributed by atoms with van der Waals surface area (Å²) >= 11 is 0. The number of aryl methyl sites for hydroxylation is 1. The molecule has 0 saturated carbocycles. The number of aliphatic carboxylic acids is 1. The number of carboxylic acid groups (broad SMARTS) is 1. The van der Waals surface area contributed by atoms with Gasteiger partial charge in [0.25, 0.3) is 5.91 Å². The fourth-order valence-corrected chi connectivity index (χ4v) is 2.12. The zero-order chi connectivity index (χ0) is 17.5. The van der Waals surface area contributed by atoms with Crippen LogP contribution >= 0.6 is 0 Å². The molecule has 0 saturated heterocycles. The summed E-state index contributed by atoms with van der Waals surface area (Å²) in [5.74, 6) is 0.220. The molecule has 0 radical (unpaired) electrons. The van der Waals surface area contributed by atoms with E-state index in [1.165, 1.54) is 13.2 Å². The van der Waals surface area contributed by atoms with E-state index < -0.39 is 18.6 Å². The van der Waals surface area contributed by atoms with Gasteiger partial charge in [-0.3, -0.25) is 4.79 Å². The third-order valence-corrected chi connectivity index (χ3v) is 3.20. The van der Waals surface area contributed by atoms with Crippen molar-refractivity contribution in [1.29, 1.82) is 0 Å². The maximum Gasteiger partial charge on any atom is 0.341 e. The van der Waals surface area contributed by atoms with Crippen LogP contribution in [0, 0.1) is 6.92 Å². The maximum absolute atomic E-state index is 12.4. The van der Waals surface area contributed by atoms with Crippen molar-refractivity contribution >= 4 is 11.9 Å². The number of furan rings is 1. The number of amides is 1. The molecule has 1 heterocycles. The molecule has 7 nitrogen and oxygen atoms in total. The smallest absolute Gasteiger partial charge is 0.341 e. The summed E-state index contributed by atoms with van der Waals surface area (Å²) in [6.45, 7) is 1.61. The van der Waals surface area contributed by atoms with Crippen molar-refractivity contribution in [3.05, 3.63) is 53.5 Å². The Kier molecular flexibility index (Phi) is 5.97. The molecule has 1 amide bonds. The fraction of sp³-hybridized carbons (Fsp3) is 0.294. The monoisotopic (exact) mass is 333 g/mol. The first kappa shape index (κ1) is 17.6. The second kappa shape index (κ2) is 8.16. The molecule has 0 aliphatic carbocycles. The Morgan fingerprint density at radius 1 is 1.29 bits per heavy atom. The minimum atomic E-state index is -1.08. The lowest BCUT2D eigenvalue weighted by molar-refractivity contribution is -0.139. The molecule has 2 rings (SSSR count). The van der Waals surface area contributed by atoms with Gasteiger partial charge in [-0.1, -0.05) is 6.07 Å². The highest BCUT2D eigenvalue weighted by Gasteiger charge is 2.19.